The number of rotatable bonds is 3. The SMILES string of the molecule is CCCc1ccc(-c2nc(C)[nH]c2Br)cc1. The van der Waals surface area contributed by atoms with Crippen LogP contribution in [0.25, 0.3) is 11.3 Å². The van der Waals surface area contributed by atoms with Crippen molar-refractivity contribution in [2.24, 2.45) is 0 Å². The van der Waals surface area contributed by atoms with Crippen LogP contribution in [-0.2, 0) is 6.42 Å². The molecular formula is C13H15BrN2. The summed E-state index contributed by atoms with van der Waals surface area (Å²) in [5.74, 6) is 0.930. The molecule has 2 nitrogen and oxygen atoms in total. The zero-order valence-corrected chi connectivity index (χ0v) is 11.1. The quantitative estimate of drug-likeness (QED) is 0.900. The molecule has 0 aliphatic heterocycles. The van der Waals surface area contributed by atoms with Crippen molar-refractivity contribution in [3.05, 3.63) is 40.3 Å². The first-order valence-corrected chi connectivity index (χ1v) is 6.31. The average Bonchev–Trinajstić information content (AvgIpc) is 2.59. The highest BCUT2D eigenvalue weighted by Gasteiger charge is 2.07. The maximum absolute atomic E-state index is 4.45. The maximum atomic E-state index is 4.45. The fourth-order valence-electron chi connectivity index (χ4n) is 1.77. The lowest BCUT2D eigenvalue weighted by Gasteiger charge is -2.01. The first kappa shape index (κ1) is 11.4. The molecule has 0 amide bonds. The van der Waals surface area contributed by atoms with Gasteiger partial charge in [0.15, 0.2) is 0 Å². The van der Waals surface area contributed by atoms with Crippen molar-refractivity contribution in [3.63, 3.8) is 0 Å². The molecule has 0 saturated carbocycles. The number of aryl methyl sites for hydroxylation is 2. The van der Waals surface area contributed by atoms with Crippen molar-refractivity contribution in [1.29, 1.82) is 0 Å². The lowest BCUT2D eigenvalue weighted by atomic mass is 10.1. The Hall–Kier alpha value is -1.09. The summed E-state index contributed by atoms with van der Waals surface area (Å²) in [6, 6.07) is 8.61. The number of imidazole rings is 1. The van der Waals surface area contributed by atoms with Gasteiger partial charge in [-0.15, -0.1) is 0 Å². The van der Waals surface area contributed by atoms with Crippen LogP contribution in [0.1, 0.15) is 24.7 Å². The van der Waals surface area contributed by atoms with Crippen LogP contribution in [0.3, 0.4) is 0 Å². The summed E-state index contributed by atoms with van der Waals surface area (Å²) in [6.45, 7) is 4.15. The fourth-order valence-corrected chi connectivity index (χ4v) is 2.38. The van der Waals surface area contributed by atoms with E-state index in [9.17, 15) is 0 Å². The normalized spacial score (nSPS) is 10.7. The second kappa shape index (κ2) is 4.83. The molecule has 16 heavy (non-hydrogen) atoms. The van der Waals surface area contributed by atoms with Gasteiger partial charge in [-0.05, 0) is 34.8 Å². The van der Waals surface area contributed by atoms with E-state index in [2.05, 4.69) is 57.1 Å². The lowest BCUT2D eigenvalue weighted by molar-refractivity contribution is 0.922. The Balaban J connectivity index is 2.31. The monoisotopic (exact) mass is 278 g/mol. The summed E-state index contributed by atoms with van der Waals surface area (Å²) in [5, 5.41) is 0. The Kier molecular flexibility index (Phi) is 3.44. The van der Waals surface area contributed by atoms with E-state index in [1.54, 1.807) is 0 Å². The number of aromatic amines is 1. The van der Waals surface area contributed by atoms with Crippen LogP contribution in [0, 0.1) is 6.92 Å². The van der Waals surface area contributed by atoms with Gasteiger partial charge in [-0.25, -0.2) is 4.98 Å². The van der Waals surface area contributed by atoms with E-state index < -0.39 is 0 Å². The highest BCUT2D eigenvalue weighted by atomic mass is 79.9. The van der Waals surface area contributed by atoms with Crippen molar-refractivity contribution >= 4 is 15.9 Å². The number of hydrogen-bond acceptors (Lipinski definition) is 1. The third-order valence-electron chi connectivity index (χ3n) is 2.54. The minimum Gasteiger partial charge on any atom is -0.336 e. The van der Waals surface area contributed by atoms with Gasteiger partial charge in [0.1, 0.15) is 16.1 Å². The molecule has 0 fully saturated rings. The molecule has 0 spiro atoms. The van der Waals surface area contributed by atoms with Gasteiger partial charge < -0.3 is 4.98 Å². The second-order valence-electron chi connectivity index (χ2n) is 3.93. The largest absolute Gasteiger partial charge is 0.336 e. The van der Waals surface area contributed by atoms with E-state index in [4.69, 9.17) is 0 Å². The standard InChI is InChI=1S/C13H15BrN2/c1-3-4-10-5-7-11(8-6-10)12-13(14)16-9(2)15-12/h5-8H,3-4H2,1-2H3,(H,15,16). The summed E-state index contributed by atoms with van der Waals surface area (Å²) < 4.78 is 0.952. The number of aromatic nitrogens is 2. The maximum Gasteiger partial charge on any atom is 0.110 e. The molecule has 3 heteroatoms. The molecule has 1 aromatic carbocycles. The molecule has 84 valence electrons. The Bertz CT molecular complexity index is 471. The van der Waals surface area contributed by atoms with E-state index in [-0.39, 0.29) is 0 Å². The Morgan fingerprint density at radius 3 is 2.44 bits per heavy atom. The number of nitrogens with zero attached hydrogens (tertiary/aromatic N) is 1. The summed E-state index contributed by atoms with van der Waals surface area (Å²) in [6.07, 6.45) is 2.32. The summed E-state index contributed by atoms with van der Waals surface area (Å²) in [4.78, 5) is 7.61. The van der Waals surface area contributed by atoms with Gasteiger partial charge in [0.25, 0.3) is 0 Å². The van der Waals surface area contributed by atoms with Crippen LogP contribution in [0.4, 0.5) is 0 Å². The van der Waals surface area contributed by atoms with Gasteiger partial charge in [-0.3, -0.25) is 0 Å². The minimum absolute atomic E-state index is 0.930. The predicted molar refractivity (Wildman–Crippen MR) is 70.5 cm³/mol. The molecule has 1 N–H and O–H groups in total. The molecule has 0 aliphatic rings. The Labute approximate surface area is 104 Å². The van der Waals surface area contributed by atoms with E-state index >= 15 is 0 Å². The highest BCUT2D eigenvalue weighted by Crippen LogP contribution is 2.26. The van der Waals surface area contributed by atoms with Gasteiger partial charge in [-0.2, -0.15) is 0 Å². The summed E-state index contributed by atoms with van der Waals surface area (Å²) in [7, 11) is 0. The Morgan fingerprint density at radius 2 is 1.94 bits per heavy atom. The molecule has 0 bridgehead atoms. The Morgan fingerprint density at radius 1 is 1.25 bits per heavy atom. The van der Waals surface area contributed by atoms with Crippen molar-refractivity contribution in [1.82, 2.24) is 9.97 Å². The van der Waals surface area contributed by atoms with Crippen molar-refractivity contribution in [2.75, 3.05) is 0 Å². The highest BCUT2D eigenvalue weighted by molar-refractivity contribution is 9.10. The second-order valence-corrected chi connectivity index (χ2v) is 4.72. The van der Waals surface area contributed by atoms with Crippen LogP contribution < -0.4 is 0 Å². The van der Waals surface area contributed by atoms with Gasteiger partial charge in [-0.1, -0.05) is 37.6 Å². The van der Waals surface area contributed by atoms with Crippen LogP contribution in [-0.4, -0.2) is 9.97 Å². The minimum atomic E-state index is 0.930. The topological polar surface area (TPSA) is 28.7 Å². The molecule has 0 unspecified atom stereocenters. The van der Waals surface area contributed by atoms with Crippen molar-refractivity contribution in [3.8, 4) is 11.3 Å². The van der Waals surface area contributed by atoms with Gasteiger partial charge in [0.05, 0.1) is 0 Å². The predicted octanol–water partition coefficient (Wildman–Crippen LogP) is 4.10. The molecule has 0 aliphatic carbocycles. The number of H-pyrrole nitrogens is 1. The first-order valence-electron chi connectivity index (χ1n) is 5.52. The third kappa shape index (κ3) is 2.35. The fraction of sp³-hybridized carbons (Fsp3) is 0.308. The number of benzene rings is 1. The van der Waals surface area contributed by atoms with E-state index in [1.165, 1.54) is 12.0 Å². The molecule has 1 heterocycles. The van der Waals surface area contributed by atoms with Gasteiger partial charge in [0.2, 0.25) is 0 Å². The molecule has 0 radical (unpaired) electrons. The van der Waals surface area contributed by atoms with E-state index in [1.807, 2.05) is 6.92 Å². The van der Waals surface area contributed by atoms with Crippen LogP contribution in [0.5, 0.6) is 0 Å². The van der Waals surface area contributed by atoms with Crippen LogP contribution >= 0.6 is 15.9 Å². The molecule has 2 rings (SSSR count). The third-order valence-corrected chi connectivity index (χ3v) is 3.12. The van der Waals surface area contributed by atoms with Crippen molar-refractivity contribution < 1.29 is 0 Å². The first-order chi connectivity index (χ1) is 7.70. The van der Waals surface area contributed by atoms with E-state index in [0.29, 0.717) is 0 Å². The summed E-state index contributed by atoms with van der Waals surface area (Å²) in [5.41, 5.74) is 3.52. The molecular weight excluding hydrogens is 264 g/mol. The molecule has 2 aromatic rings. The lowest BCUT2D eigenvalue weighted by Crippen LogP contribution is -1.84. The van der Waals surface area contributed by atoms with E-state index in [0.717, 1.165) is 28.1 Å². The zero-order valence-electron chi connectivity index (χ0n) is 9.55. The summed E-state index contributed by atoms with van der Waals surface area (Å²) >= 11 is 3.49. The zero-order chi connectivity index (χ0) is 11.5. The molecule has 1 aromatic heterocycles. The number of hydrogen-bond donors (Lipinski definition) is 1. The van der Waals surface area contributed by atoms with Gasteiger partial charge in [0, 0.05) is 5.56 Å². The smallest absolute Gasteiger partial charge is 0.110 e. The number of halogens is 1. The average molecular weight is 279 g/mol. The van der Waals surface area contributed by atoms with Crippen LogP contribution in [0.15, 0.2) is 28.9 Å². The van der Waals surface area contributed by atoms with Gasteiger partial charge >= 0.3 is 0 Å². The number of nitrogens with one attached hydrogen (secondary N) is 1. The molecule has 0 saturated heterocycles. The molecule has 0 atom stereocenters. The van der Waals surface area contributed by atoms with Crippen molar-refractivity contribution in [2.45, 2.75) is 26.7 Å². The van der Waals surface area contributed by atoms with Crippen LogP contribution in [0.2, 0.25) is 0 Å².